The second-order valence-electron chi connectivity index (χ2n) is 6.43. The van der Waals surface area contributed by atoms with E-state index in [0.717, 1.165) is 11.1 Å². The Bertz CT molecular complexity index is 989. The van der Waals surface area contributed by atoms with Crippen molar-refractivity contribution in [2.24, 2.45) is 7.05 Å². The van der Waals surface area contributed by atoms with Crippen LogP contribution in [0, 0.1) is 0 Å². The van der Waals surface area contributed by atoms with Crippen molar-refractivity contribution >= 4 is 17.5 Å². The molecule has 1 aliphatic heterocycles. The van der Waals surface area contributed by atoms with E-state index in [1.165, 1.54) is 0 Å². The van der Waals surface area contributed by atoms with Gasteiger partial charge in [0, 0.05) is 42.6 Å². The van der Waals surface area contributed by atoms with E-state index < -0.39 is 0 Å². The van der Waals surface area contributed by atoms with Crippen LogP contribution >= 0.6 is 11.6 Å². The number of ether oxygens (including phenoxy) is 1. The quantitative estimate of drug-likeness (QED) is 0.696. The highest BCUT2D eigenvalue weighted by Crippen LogP contribution is 2.26. The highest BCUT2D eigenvalue weighted by Gasteiger charge is 2.25. The van der Waals surface area contributed by atoms with Crippen LogP contribution in [0.25, 0.3) is 11.3 Å². The summed E-state index contributed by atoms with van der Waals surface area (Å²) in [5.74, 6) is 0.636. The predicted molar refractivity (Wildman–Crippen MR) is 105 cm³/mol. The van der Waals surface area contributed by atoms with E-state index >= 15 is 0 Å². The van der Waals surface area contributed by atoms with E-state index in [0.29, 0.717) is 36.4 Å². The van der Waals surface area contributed by atoms with Crippen molar-refractivity contribution in [2.75, 3.05) is 24.6 Å². The molecule has 0 aliphatic carbocycles. The first-order valence-corrected chi connectivity index (χ1v) is 9.10. The third-order valence-electron chi connectivity index (χ3n) is 4.68. The first-order chi connectivity index (χ1) is 13.1. The van der Waals surface area contributed by atoms with Gasteiger partial charge in [0.05, 0.1) is 18.8 Å². The topological polar surface area (TPSA) is 60.2 Å². The number of hydrogen-bond acceptors (Lipinski definition) is 5. The molecule has 3 aromatic rings. The molecule has 3 heterocycles. The number of benzene rings is 1. The SMILES string of the molecule is Cn1c(N2CCO[C@@H](c3ccc(Cl)cc3)C2)nc(-c2ccncc2)cc1=O. The second kappa shape index (κ2) is 7.50. The molecule has 0 amide bonds. The van der Waals surface area contributed by atoms with Crippen LogP contribution in [0.1, 0.15) is 11.7 Å². The molecule has 27 heavy (non-hydrogen) atoms. The van der Waals surface area contributed by atoms with Crippen LogP contribution in [0.4, 0.5) is 5.95 Å². The molecule has 6 nitrogen and oxygen atoms in total. The molecule has 138 valence electrons. The minimum absolute atomic E-state index is 0.0960. The number of anilines is 1. The molecule has 0 unspecified atom stereocenters. The smallest absolute Gasteiger partial charge is 0.255 e. The average molecular weight is 383 g/mol. The van der Waals surface area contributed by atoms with Crippen molar-refractivity contribution in [3.05, 3.63) is 75.8 Å². The first kappa shape index (κ1) is 17.7. The summed E-state index contributed by atoms with van der Waals surface area (Å²) in [7, 11) is 1.74. The number of nitrogens with zero attached hydrogens (tertiary/aromatic N) is 4. The number of hydrogen-bond donors (Lipinski definition) is 0. The molecule has 1 aromatic carbocycles. The normalized spacial score (nSPS) is 17.1. The Morgan fingerprint density at radius 3 is 2.63 bits per heavy atom. The molecule has 0 bridgehead atoms. The first-order valence-electron chi connectivity index (χ1n) is 8.72. The number of rotatable bonds is 3. The van der Waals surface area contributed by atoms with Gasteiger partial charge in [0.1, 0.15) is 6.10 Å². The molecule has 0 saturated carbocycles. The van der Waals surface area contributed by atoms with Gasteiger partial charge in [0.25, 0.3) is 5.56 Å². The maximum absolute atomic E-state index is 12.5. The molecule has 0 N–H and O–H groups in total. The molecule has 2 aromatic heterocycles. The third kappa shape index (κ3) is 3.72. The Labute approximate surface area is 162 Å². The monoisotopic (exact) mass is 382 g/mol. The molecule has 0 spiro atoms. The van der Waals surface area contributed by atoms with Gasteiger partial charge in [-0.2, -0.15) is 0 Å². The summed E-state index contributed by atoms with van der Waals surface area (Å²) >= 11 is 5.99. The van der Waals surface area contributed by atoms with Crippen LogP contribution < -0.4 is 10.5 Å². The maximum atomic E-state index is 12.5. The van der Waals surface area contributed by atoms with E-state index in [1.807, 2.05) is 36.4 Å². The lowest BCUT2D eigenvalue weighted by Crippen LogP contribution is -2.41. The summed E-state index contributed by atoms with van der Waals surface area (Å²) in [6.07, 6.45) is 3.29. The Hall–Kier alpha value is -2.70. The molecule has 1 atom stereocenters. The van der Waals surface area contributed by atoms with Gasteiger partial charge in [-0.3, -0.25) is 14.3 Å². The van der Waals surface area contributed by atoms with Crippen LogP contribution in [-0.4, -0.2) is 34.2 Å². The summed E-state index contributed by atoms with van der Waals surface area (Å²) in [5.41, 5.74) is 2.47. The summed E-state index contributed by atoms with van der Waals surface area (Å²) in [6.45, 7) is 1.84. The fourth-order valence-electron chi connectivity index (χ4n) is 3.19. The van der Waals surface area contributed by atoms with Crippen molar-refractivity contribution in [3.8, 4) is 11.3 Å². The third-order valence-corrected chi connectivity index (χ3v) is 4.93. The predicted octanol–water partition coefficient (Wildman–Crippen LogP) is 3.07. The summed E-state index contributed by atoms with van der Waals surface area (Å²) < 4.78 is 7.51. The lowest BCUT2D eigenvalue weighted by molar-refractivity contribution is 0.0390. The Morgan fingerprint density at radius 1 is 1.15 bits per heavy atom. The van der Waals surface area contributed by atoms with Gasteiger partial charge < -0.3 is 9.64 Å². The van der Waals surface area contributed by atoms with E-state index in [2.05, 4.69) is 9.88 Å². The second-order valence-corrected chi connectivity index (χ2v) is 6.87. The molecule has 7 heteroatoms. The molecule has 1 aliphatic rings. The average Bonchev–Trinajstić information content (AvgIpc) is 2.71. The van der Waals surface area contributed by atoms with Gasteiger partial charge in [0.2, 0.25) is 5.95 Å². The van der Waals surface area contributed by atoms with E-state index in [4.69, 9.17) is 21.3 Å². The number of halogens is 1. The number of morpholine rings is 1. The Kier molecular flexibility index (Phi) is 4.92. The molecule has 1 saturated heterocycles. The van der Waals surface area contributed by atoms with Gasteiger partial charge in [-0.25, -0.2) is 4.98 Å². The Balaban J connectivity index is 1.67. The van der Waals surface area contributed by atoms with Crippen LogP contribution in [0.2, 0.25) is 5.02 Å². The molecular formula is C20H19ClN4O2. The van der Waals surface area contributed by atoms with Gasteiger partial charge in [-0.15, -0.1) is 0 Å². The molecular weight excluding hydrogens is 364 g/mol. The van der Waals surface area contributed by atoms with Crippen molar-refractivity contribution in [2.45, 2.75) is 6.10 Å². The van der Waals surface area contributed by atoms with Crippen LogP contribution in [0.3, 0.4) is 0 Å². The van der Waals surface area contributed by atoms with Crippen LogP contribution in [-0.2, 0) is 11.8 Å². The van der Waals surface area contributed by atoms with Gasteiger partial charge in [-0.1, -0.05) is 23.7 Å². The zero-order valence-corrected chi connectivity index (χ0v) is 15.6. The number of aromatic nitrogens is 3. The van der Waals surface area contributed by atoms with Crippen LogP contribution in [0.15, 0.2) is 59.7 Å². The summed E-state index contributed by atoms with van der Waals surface area (Å²) in [6, 6.07) is 12.9. The van der Waals surface area contributed by atoms with Gasteiger partial charge in [-0.05, 0) is 29.8 Å². The van der Waals surface area contributed by atoms with E-state index in [1.54, 1.807) is 30.1 Å². The zero-order valence-electron chi connectivity index (χ0n) is 14.9. The van der Waals surface area contributed by atoms with Crippen molar-refractivity contribution in [1.29, 1.82) is 0 Å². The minimum atomic E-state index is -0.0995. The van der Waals surface area contributed by atoms with Crippen molar-refractivity contribution < 1.29 is 4.74 Å². The Morgan fingerprint density at radius 2 is 1.89 bits per heavy atom. The minimum Gasteiger partial charge on any atom is -0.370 e. The largest absolute Gasteiger partial charge is 0.370 e. The fraction of sp³-hybridized carbons (Fsp3) is 0.250. The highest BCUT2D eigenvalue weighted by atomic mass is 35.5. The highest BCUT2D eigenvalue weighted by molar-refractivity contribution is 6.30. The summed E-state index contributed by atoms with van der Waals surface area (Å²) in [4.78, 5) is 23.4. The van der Waals surface area contributed by atoms with E-state index in [-0.39, 0.29) is 11.7 Å². The van der Waals surface area contributed by atoms with Crippen LogP contribution in [0.5, 0.6) is 0 Å². The fourth-order valence-corrected chi connectivity index (χ4v) is 3.32. The van der Waals surface area contributed by atoms with Gasteiger partial charge in [0.15, 0.2) is 0 Å². The molecule has 0 radical (unpaired) electrons. The summed E-state index contributed by atoms with van der Waals surface area (Å²) in [5, 5.41) is 0.695. The number of pyridine rings is 1. The zero-order chi connectivity index (χ0) is 18.8. The standard InChI is InChI=1S/C20H19ClN4O2/c1-24-19(26)12-17(14-6-8-22-9-7-14)23-20(24)25-10-11-27-18(13-25)15-2-4-16(21)5-3-15/h2-9,12,18H,10-11,13H2,1H3/t18-/m1/s1. The van der Waals surface area contributed by atoms with E-state index in [9.17, 15) is 4.79 Å². The molecule has 4 rings (SSSR count). The van der Waals surface area contributed by atoms with Crippen molar-refractivity contribution in [3.63, 3.8) is 0 Å². The van der Waals surface area contributed by atoms with Crippen molar-refractivity contribution in [1.82, 2.24) is 14.5 Å². The maximum Gasteiger partial charge on any atom is 0.255 e. The van der Waals surface area contributed by atoms with Gasteiger partial charge >= 0.3 is 0 Å². The lowest BCUT2D eigenvalue weighted by Gasteiger charge is -2.34. The lowest BCUT2D eigenvalue weighted by atomic mass is 10.1. The molecule has 1 fully saturated rings.